The number of aromatic nitrogens is 2. The maximum absolute atomic E-state index is 13.2. The van der Waals surface area contributed by atoms with E-state index in [1.165, 1.54) is 0 Å². The van der Waals surface area contributed by atoms with Gasteiger partial charge in [-0.15, -0.1) is 0 Å². The average molecular weight is 355 g/mol. The Kier molecular flexibility index (Phi) is 3.29. The molecule has 0 radical (unpaired) electrons. The zero-order chi connectivity index (χ0) is 19.3. The summed E-state index contributed by atoms with van der Waals surface area (Å²) in [4.78, 5) is 25.8. The lowest BCUT2D eigenvalue weighted by Gasteiger charge is -2.55. The lowest BCUT2D eigenvalue weighted by molar-refractivity contribution is -0.138. The lowest BCUT2D eigenvalue weighted by Crippen LogP contribution is -2.64. The summed E-state index contributed by atoms with van der Waals surface area (Å²) in [6, 6.07) is 1.97. The Balaban J connectivity index is 1.20. The first-order chi connectivity index (χ1) is 13.5. The van der Waals surface area contributed by atoms with E-state index >= 15 is 0 Å². The van der Waals surface area contributed by atoms with Crippen molar-refractivity contribution in [1.29, 1.82) is 0 Å². The van der Waals surface area contributed by atoms with E-state index in [9.17, 15) is 4.79 Å². The topological polar surface area (TPSA) is 61.4 Å². The van der Waals surface area contributed by atoms with Crippen LogP contribution in [0.2, 0.25) is 0 Å². The highest BCUT2D eigenvalue weighted by Gasteiger charge is 2.48. The minimum Gasteiger partial charge on any atom is -0.355 e. The van der Waals surface area contributed by atoms with Crippen molar-refractivity contribution in [3.8, 4) is 0 Å². The van der Waals surface area contributed by atoms with Gasteiger partial charge in [0, 0.05) is 49.8 Å². The molecule has 1 aromatic heterocycles. The molecule has 2 bridgehead atoms. The quantitative estimate of drug-likeness (QED) is 0.817. The summed E-state index contributed by atoms with van der Waals surface area (Å²) < 4.78 is 15.5. The third kappa shape index (κ3) is 2.62. The van der Waals surface area contributed by atoms with Crippen LogP contribution in [0.15, 0.2) is 30.7 Å². The zero-order valence-corrected chi connectivity index (χ0v) is 15.0. The average Bonchev–Trinajstić information content (AvgIpc) is 2.72. The van der Waals surface area contributed by atoms with Crippen LogP contribution in [0.1, 0.15) is 34.8 Å². The smallest absolute Gasteiger partial charge is 0.240 e. The molecular weight excluding hydrogens is 326 g/mol. The van der Waals surface area contributed by atoms with Gasteiger partial charge in [0.2, 0.25) is 5.91 Å². The van der Waals surface area contributed by atoms with E-state index in [1.54, 1.807) is 12.5 Å². The van der Waals surface area contributed by atoms with Gasteiger partial charge in [-0.3, -0.25) is 4.79 Å². The van der Waals surface area contributed by atoms with Crippen molar-refractivity contribution in [3.05, 3.63) is 30.7 Å². The van der Waals surface area contributed by atoms with Gasteiger partial charge in [0.15, 0.2) is 0 Å². The SMILES string of the molecule is [2H]C([2H])=C1C[C@@H]2CC[C@H]1[C@@H](C(=O)N1CCC3(CC1)CN(c1ccncn1)C3)N2. The Bertz CT molecular complexity index is 781. The van der Waals surface area contributed by atoms with Crippen LogP contribution in [0.4, 0.5) is 5.82 Å². The van der Waals surface area contributed by atoms with Crippen LogP contribution in [-0.2, 0) is 4.79 Å². The molecule has 1 N–H and O–H groups in total. The molecule has 1 aromatic rings. The first kappa shape index (κ1) is 14.2. The number of likely N-dealkylation sites (tertiary alicyclic amines) is 1. The molecule has 5 aliphatic rings. The Hall–Kier alpha value is -1.95. The summed E-state index contributed by atoms with van der Waals surface area (Å²) in [5.74, 6) is 1.20. The molecule has 5 heterocycles. The molecule has 6 rings (SSSR count). The molecule has 3 atom stereocenters. The number of rotatable bonds is 2. The number of amides is 1. The monoisotopic (exact) mass is 355 g/mol. The second-order valence-electron chi connectivity index (χ2n) is 8.50. The summed E-state index contributed by atoms with van der Waals surface area (Å²) >= 11 is 0. The third-order valence-electron chi connectivity index (χ3n) is 6.90. The number of nitrogens with one attached hydrogen (secondary N) is 1. The first-order valence-electron chi connectivity index (χ1n) is 10.8. The molecule has 1 aliphatic carbocycles. The predicted octanol–water partition coefficient (Wildman–Crippen LogP) is 1.60. The molecule has 0 aromatic carbocycles. The van der Waals surface area contributed by atoms with Crippen molar-refractivity contribution >= 4 is 11.7 Å². The maximum Gasteiger partial charge on any atom is 0.240 e. The molecular formula is C20H27N5O. The molecule has 6 nitrogen and oxygen atoms in total. The van der Waals surface area contributed by atoms with Crippen molar-refractivity contribution < 1.29 is 7.54 Å². The Morgan fingerprint density at radius 1 is 1.35 bits per heavy atom. The van der Waals surface area contributed by atoms with E-state index in [-0.39, 0.29) is 30.4 Å². The van der Waals surface area contributed by atoms with Crippen LogP contribution < -0.4 is 10.2 Å². The van der Waals surface area contributed by atoms with Crippen molar-refractivity contribution in [1.82, 2.24) is 20.2 Å². The van der Waals surface area contributed by atoms with Gasteiger partial charge in [-0.25, -0.2) is 9.97 Å². The largest absolute Gasteiger partial charge is 0.355 e. The molecule has 5 fully saturated rings. The summed E-state index contributed by atoms with van der Waals surface area (Å²) in [7, 11) is 0. The van der Waals surface area contributed by atoms with Gasteiger partial charge in [0.05, 0.1) is 8.78 Å². The summed E-state index contributed by atoms with van der Waals surface area (Å²) in [5.41, 5.74) is 1.18. The zero-order valence-electron chi connectivity index (χ0n) is 17.0. The Morgan fingerprint density at radius 3 is 2.88 bits per heavy atom. The van der Waals surface area contributed by atoms with E-state index in [0.717, 1.165) is 69.7 Å². The van der Waals surface area contributed by atoms with Crippen LogP contribution in [0.25, 0.3) is 0 Å². The summed E-state index contributed by atoms with van der Waals surface area (Å²) in [5, 5.41) is 3.50. The van der Waals surface area contributed by atoms with Crippen molar-refractivity contribution in [3.63, 3.8) is 0 Å². The molecule has 1 amide bonds. The van der Waals surface area contributed by atoms with E-state index in [4.69, 9.17) is 2.74 Å². The van der Waals surface area contributed by atoms with E-state index in [2.05, 4.69) is 20.2 Å². The number of carbonyl (C=O) groups is 1. The number of fused-ring (bicyclic) bond motifs is 3. The molecule has 0 unspecified atom stereocenters. The minimum absolute atomic E-state index is 0.0374. The fourth-order valence-corrected chi connectivity index (χ4v) is 5.31. The minimum atomic E-state index is -0.235. The summed E-state index contributed by atoms with van der Waals surface area (Å²) in [6.07, 6.45) is 8.18. The van der Waals surface area contributed by atoms with Crippen LogP contribution >= 0.6 is 0 Å². The van der Waals surface area contributed by atoms with Crippen LogP contribution in [0.3, 0.4) is 0 Å². The predicted molar refractivity (Wildman–Crippen MR) is 99.7 cm³/mol. The second-order valence-corrected chi connectivity index (χ2v) is 8.50. The number of hydrogen-bond donors (Lipinski definition) is 1. The number of anilines is 1. The molecule has 4 saturated heterocycles. The van der Waals surface area contributed by atoms with Gasteiger partial charge in [0.1, 0.15) is 12.1 Å². The van der Waals surface area contributed by atoms with Gasteiger partial charge in [0.25, 0.3) is 0 Å². The third-order valence-corrected chi connectivity index (χ3v) is 6.90. The number of carbonyl (C=O) groups excluding carboxylic acids is 1. The van der Waals surface area contributed by atoms with Crippen molar-refractivity contribution in [2.45, 2.75) is 44.2 Å². The van der Waals surface area contributed by atoms with E-state index in [1.807, 2.05) is 11.0 Å². The van der Waals surface area contributed by atoms with Crippen LogP contribution in [-0.4, -0.2) is 59.0 Å². The molecule has 6 heteroatoms. The van der Waals surface area contributed by atoms with Gasteiger partial charge in [-0.2, -0.15) is 0 Å². The molecule has 138 valence electrons. The van der Waals surface area contributed by atoms with Crippen molar-refractivity contribution in [2.24, 2.45) is 11.3 Å². The molecule has 26 heavy (non-hydrogen) atoms. The number of nitrogens with zero attached hydrogens (tertiary/aromatic N) is 4. The van der Waals surface area contributed by atoms with Gasteiger partial charge in [-0.05, 0) is 38.2 Å². The lowest BCUT2D eigenvalue weighted by atomic mass is 9.71. The highest BCUT2D eigenvalue weighted by molar-refractivity contribution is 5.83. The Morgan fingerprint density at radius 2 is 2.19 bits per heavy atom. The summed E-state index contributed by atoms with van der Waals surface area (Å²) in [6.45, 7) is 3.55. The standard InChI is InChI=1S/C20H27N5O/c1-14-10-15-2-3-16(14)18(23-15)19(26)24-8-5-20(6-9-24)11-25(12-20)17-4-7-21-13-22-17/h4,7,13,15-16,18,23H,1-3,5-6,8-12H2/t15-,16+,18-/m0/s1/i1D2. The van der Waals surface area contributed by atoms with Crippen LogP contribution in [0, 0.1) is 11.3 Å². The fourth-order valence-electron chi connectivity index (χ4n) is 5.31. The normalized spacial score (nSPS) is 33.5. The van der Waals surface area contributed by atoms with E-state index in [0.29, 0.717) is 5.41 Å². The van der Waals surface area contributed by atoms with Gasteiger partial charge >= 0.3 is 0 Å². The van der Waals surface area contributed by atoms with Gasteiger partial charge in [-0.1, -0.05) is 12.1 Å². The van der Waals surface area contributed by atoms with Crippen molar-refractivity contribution in [2.75, 3.05) is 31.1 Å². The van der Waals surface area contributed by atoms with Gasteiger partial charge < -0.3 is 15.1 Å². The second kappa shape index (κ2) is 6.05. The number of piperidine rings is 3. The fraction of sp³-hybridized carbons (Fsp3) is 0.650. The van der Waals surface area contributed by atoms with E-state index < -0.39 is 0 Å². The highest BCUT2D eigenvalue weighted by atomic mass is 16.2. The molecule has 1 spiro atoms. The Labute approximate surface area is 157 Å². The first-order valence-corrected chi connectivity index (χ1v) is 9.77. The number of hydrogen-bond acceptors (Lipinski definition) is 5. The molecule has 1 saturated carbocycles. The van der Waals surface area contributed by atoms with Crippen LogP contribution in [0.5, 0.6) is 0 Å². The highest BCUT2D eigenvalue weighted by Crippen LogP contribution is 2.43. The maximum atomic E-state index is 13.2. The molecule has 4 aliphatic heterocycles.